The van der Waals surface area contributed by atoms with E-state index in [1.54, 1.807) is 13.0 Å². The number of rotatable bonds is 2. The van der Waals surface area contributed by atoms with Crippen LogP contribution in [0.4, 0.5) is 4.39 Å². The molecule has 0 bridgehead atoms. The summed E-state index contributed by atoms with van der Waals surface area (Å²) in [5, 5.41) is 0. The molecule has 0 amide bonds. The zero-order chi connectivity index (χ0) is 14.3. The van der Waals surface area contributed by atoms with E-state index in [0.717, 1.165) is 28.0 Å². The van der Waals surface area contributed by atoms with Gasteiger partial charge in [0, 0.05) is 19.2 Å². The maximum Gasteiger partial charge on any atom is 0.140 e. The van der Waals surface area contributed by atoms with Gasteiger partial charge >= 0.3 is 0 Å². The largest absolute Gasteiger partial charge is 0.327 e. The molecule has 1 heterocycles. The van der Waals surface area contributed by atoms with Crippen LogP contribution in [-0.2, 0) is 13.6 Å². The molecule has 0 aliphatic rings. The second-order valence-corrected chi connectivity index (χ2v) is 4.99. The highest BCUT2D eigenvalue weighted by molar-refractivity contribution is 5.81. The Balaban J connectivity index is 2.21. The number of nitrogens with zero attached hydrogens (tertiary/aromatic N) is 2. The van der Waals surface area contributed by atoms with Gasteiger partial charge in [0.15, 0.2) is 0 Å². The molecule has 3 aromatic rings. The lowest BCUT2D eigenvalue weighted by Gasteiger charge is -2.04. The molecule has 1 aromatic heterocycles. The van der Waals surface area contributed by atoms with E-state index < -0.39 is 0 Å². The first-order valence-electron chi connectivity index (χ1n) is 6.52. The van der Waals surface area contributed by atoms with E-state index in [2.05, 4.69) is 4.98 Å². The van der Waals surface area contributed by atoms with Crippen molar-refractivity contribution in [1.29, 1.82) is 0 Å². The third-order valence-electron chi connectivity index (χ3n) is 3.61. The van der Waals surface area contributed by atoms with Gasteiger partial charge in [0.1, 0.15) is 11.6 Å². The van der Waals surface area contributed by atoms with Crippen molar-refractivity contribution < 1.29 is 4.39 Å². The predicted molar refractivity (Wildman–Crippen MR) is 78.7 cm³/mol. The van der Waals surface area contributed by atoms with Crippen molar-refractivity contribution in [2.45, 2.75) is 13.5 Å². The quantitative estimate of drug-likeness (QED) is 0.776. The number of imidazole rings is 1. The van der Waals surface area contributed by atoms with Crippen LogP contribution in [0, 0.1) is 12.7 Å². The van der Waals surface area contributed by atoms with Gasteiger partial charge in [-0.05, 0) is 36.2 Å². The van der Waals surface area contributed by atoms with E-state index in [9.17, 15) is 4.39 Å². The van der Waals surface area contributed by atoms with Crippen molar-refractivity contribution in [2.24, 2.45) is 12.8 Å². The van der Waals surface area contributed by atoms with Gasteiger partial charge in [-0.1, -0.05) is 18.2 Å². The van der Waals surface area contributed by atoms with Crippen LogP contribution in [0.5, 0.6) is 0 Å². The third kappa shape index (κ3) is 1.98. The lowest BCUT2D eigenvalue weighted by Crippen LogP contribution is -1.97. The normalized spacial score (nSPS) is 11.2. The fraction of sp³-hybridized carbons (Fsp3) is 0.188. The van der Waals surface area contributed by atoms with Crippen LogP contribution in [-0.4, -0.2) is 9.55 Å². The second-order valence-electron chi connectivity index (χ2n) is 4.99. The van der Waals surface area contributed by atoms with Crippen molar-refractivity contribution in [3.63, 3.8) is 0 Å². The summed E-state index contributed by atoms with van der Waals surface area (Å²) in [4.78, 5) is 4.58. The van der Waals surface area contributed by atoms with Crippen LogP contribution in [0.15, 0.2) is 36.4 Å². The minimum absolute atomic E-state index is 0.211. The average Bonchev–Trinajstić information content (AvgIpc) is 2.79. The molecule has 3 nitrogen and oxygen atoms in total. The molecule has 0 fully saturated rings. The first kappa shape index (κ1) is 12.8. The van der Waals surface area contributed by atoms with Gasteiger partial charge in [-0.15, -0.1) is 0 Å². The molecule has 3 rings (SSSR count). The molecule has 0 saturated heterocycles. The van der Waals surface area contributed by atoms with E-state index in [1.807, 2.05) is 35.9 Å². The highest BCUT2D eigenvalue weighted by Gasteiger charge is 2.11. The number of aryl methyl sites for hydroxylation is 2. The van der Waals surface area contributed by atoms with Crippen LogP contribution >= 0.6 is 0 Å². The summed E-state index contributed by atoms with van der Waals surface area (Å²) in [5.41, 5.74) is 10.0. The van der Waals surface area contributed by atoms with Crippen LogP contribution in [0.2, 0.25) is 0 Å². The maximum atomic E-state index is 13.7. The van der Waals surface area contributed by atoms with Gasteiger partial charge in [0.25, 0.3) is 0 Å². The predicted octanol–water partition coefficient (Wildman–Crippen LogP) is 3.15. The van der Waals surface area contributed by atoms with Crippen LogP contribution in [0.3, 0.4) is 0 Å². The summed E-state index contributed by atoms with van der Waals surface area (Å²) in [6.45, 7) is 2.25. The topological polar surface area (TPSA) is 43.8 Å². The van der Waals surface area contributed by atoms with Crippen LogP contribution < -0.4 is 5.73 Å². The van der Waals surface area contributed by atoms with Crippen molar-refractivity contribution in [2.75, 3.05) is 0 Å². The smallest absolute Gasteiger partial charge is 0.140 e. The van der Waals surface area contributed by atoms with E-state index in [4.69, 9.17) is 5.73 Å². The summed E-state index contributed by atoms with van der Waals surface area (Å²) in [6.07, 6.45) is 0. The van der Waals surface area contributed by atoms with Gasteiger partial charge in [0.05, 0.1) is 11.0 Å². The molecule has 0 atom stereocenters. The molecular weight excluding hydrogens is 253 g/mol. The fourth-order valence-electron chi connectivity index (χ4n) is 2.35. The Hall–Kier alpha value is -2.20. The Kier molecular flexibility index (Phi) is 3.03. The summed E-state index contributed by atoms with van der Waals surface area (Å²) in [5.74, 6) is 0.547. The summed E-state index contributed by atoms with van der Waals surface area (Å²) >= 11 is 0. The van der Waals surface area contributed by atoms with Crippen molar-refractivity contribution >= 4 is 11.0 Å². The second kappa shape index (κ2) is 4.72. The molecule has 0 saturated carbocycles. The molecule has 2 N–H and O–H groups in total. The SMILES string of the molecule is Cc1ccc(-c2nc3ccc(CN)cc3n2C)cc1F. The summed E-state index contributed by atoms with van der Waals surface area (Å²) in [6, 6.07) is 11.1. The molecule has 2 aromatic carbocycles. The Labute approximate surface area is 116 Å². The summed E-state index contributed by atoms with van der Waals surface area (Å²) < 4.78 is 15.7. The standard InChI is InChI=1S/C16H16FN3/c1-10-3-5-12(8-13(10)17)16-19-14-6-4-11(9-18)7-15(14)20(16)2/h3-8H,9,18H2,1-2H3. The van der Waals surface area contributed by atoms with E-state index in [0.29, 0.717) is 12.1 Å². The highest BCUT2D eigenvalue weighted by atomic mass is 19.1. The number of nitrogens with two attached hydrogens (primary N) is 1. The van der Waals surface area contributed by atoms with Gasteiger partial charge in [-0.2, -0.15) is 0 Å². The lowest BCUT2D eigenvalue weighted by atomic mass is 10.1. The third-order valence-corrected chi connectivity index (χ3v) is 3.61. The molecule has 20 heavy (non-hydrogen) atoms. The molecule has 4 heteroatoms. The van der Waals surface area contributed by atoms with Gasteiger partial charge < -0.3 is 10.3 Å². The number of halogens is 1. The van der Waals surface area contributed by atoms with E-state index in [1.165, 1.54) is 6.07 Å². The molecule has 0 aliphatic heterocycles. The molecular formula is C16H16FN3. The Morgan fingerprint density at radius 1 is 1.20 bits per heavy atom. The van der Waals surface area contributed by atoms with Gasteiger partial charge in [-0.3, -0.25) is 0 Å². The van der Waals surface area contributed by atoms with Crippen molar-refractivity contribution in [3.05, 3.63) is 53.3 Å². The van der Waals surface area contributed by atoms with Crippen molar-refractivity contribution in [1.82, 2.24) is 9.55 Å². The van der Waals surface area contributed by atoms with Crippen molar-refractivity contribution in [3.8, 4) is 11.4 Å². The Morgan fingerprint density at radius 2 is 2.00 bits per heavy atom. The van der Waals surface area contributed by atoms with Crippen LogP contribution in [0.1, 0.15) is 11.1 Å². The van der Waals surface area contributed by atoms with E-state index in [-0.39, 0.29) is 5.82 Å². The lowest BCUT2D eigenvalue weighted by molar-refractivity contribution is 0.619. The minimum atomic E-state index is -0.211. The highest BCUT2D eigenvalue weighted by Crippen LogP contribution is 2.25. The van der Waals surface area contributed by atoms with Gasteiger partial charge in [0.2, 0.25) is 0 Å². The number of hydrogen-bond acceptors (Lipinski definition) is 2. The molecule has 0 unspecified atom stereocenters. The monoisotopic (exact) mass is 269 g/mol. The molecule has 102 valence electrons. The van der Waals surface area contributed by atoms with E-state index >= 15 is 0 Å². The minimum Gasteiger partial charge on any atom is -0.327 e. The number of benzene rings is 2. The first-order valence-corrected chi connectivity index (χ1v) is 6.52. The zero-order valence-corrected chi connectivity index (χ0v) is 11.5. The zero-order valence-electron chi connectivity index (χ0n) is 11.5. The number of hydrogen-bond donors (Lipinski definition) is 1. The van der Waals surface area contributed by atoms with Crippen LogP contribution in [0.25, 0.3) is 22.4 Å². The molecule has 0 radical (unpaired) electrons. The number of fused-ring (bicyclic) bond motifs is 1. The Morgan fingerprint density at radius 3 is 2.70 bits per heavy atom. The molecule has 0 aliphatic carbocycles. The Bertz CT molecular complexity index is 790. The maximum absolute atomic E-state index is 13.7. The fourth-order valence-corrected chi connectivity index (χ4v) is 2.35. The average molecular weight is 269 g/mol. The first-order chi connectivity index (χ1) is 9.60. The molecule has 0 spiro atoms. The van der Waals surface area contributed by atoms with Gasteiger partial charge in [-0.25, -0.2) is 9.37 Å². The number of aromatic nitrogens is 2. The summed E-state index contributed by atoms with van der Waals surface area (Å²) in [7, 11) is 1.93.